The molecule has 19 heavy (non-hydrogen) atoms. The minimum atomic E-state index is 0. The van der Waals surface area contributed by atoms with E-state index in [-0.39, 0.29) is 12.4 Å². The molecule has 0 aliphatic heterocycles. The molecule has 0 aliphatic rings. The first kappa shape index (κ1) is 15.7. The van der Waals surface area contributed by atoms with E-state index in [0.717, 1.165) is 13.1 Å². The molecule has 0 spiro atoms. The number of rotatable bonds is 5. The molecule has 104 valence electrons. The molecule has 1 N–H and O–H groups in total. The van der Waals surface area contributed by atoms with Crippen molar-refractivity contribution in [1.29, 1.82) is 0 Å². The summed E-state index contributed by atoms with van der Waals surface area (Å²) in [5.74, 6) is 0. The largest absolute Gasteiger partial charge is 0.308 e. The molecule has 1 aromatic heterocycles. The maximum absolute atomic E-state index is 4.42. The number of hydrogen-bond acceptors (Lipinski definition) is 2. The molecule has 0 bridgehead atoms. The predicted molar refractivity (Wildman–Crippen MR) is 81.6 cm³/mol. The lowest BCUT2D eigenvalue weighted by molar-refractivity contribution is 0.517. The van der Waals surface area contributed by atoms with Gasteiger partial charge in [-0.2, -0.15) is 5.10 Å². The van der Waals surface area contributed by atoms with Crippen molar-refractivity contribution in [2.24, 2.45) is 0 Å². The van der Waals surface area contributed by atoms with Gasteiger partial charge in [0.05, 0.1) is 6.20 Å². The summed E-state index contributed by atoms with van der Waals surface area (Å²) in [5.41, 5.74) is 3.84. The first-order valence-electron chi connectivity index (χ1n) is 6.46. The lowest BCUT2D eigenvalue weighted by Gasteiger charge is -2.09. The van der Waals surface area contributed by atoms with Crippen LogP contribution in [-0.4, -0.2) is 9.78 Å². The standard InChI is InChI=1S/C15H21N3.ClH/c1-12(2)18-13(3)15(11-17-18)10-16-9-14-7-5-4-6-8-14;/h4-8,11-12,16H,9-10H2,1-3H3;1H. The third-order valence-corrected chi connectivity index (χ3v) is 3.12. The predicted octanol–water partition coefficient (Wildman–Crippen LogP) is 3.48. The Balaban J connectivity index is 0.00000180. The average Bonchev–Trinajstić information content (AvgIpc) is 2.73. The lowest BCUT2D eigenvalue weighted by atomic mass is 10.2. The van der Waals surface area contributed by atoms with E-state index >= 15 is 0 Å². The minimum absolute atomic E-state index is 0. The Morgan fingerprint density at radius 2 is 1.84 bits per heavy atom. The van der Waals surface area contributed by atoms with Gasteiger partial charge in [-0.15, -0.1) is 12.4 Å². The molecule has 0 atom stereocenters. The molecule has 0 amide bonds. The van der Waals surface area contributed by atoms with E-state index < -0.39 is 0 Å². The zero-order chi connectivity index (χ0) is 13.0. The summed E-state index contributed by atoms with van der Waals surface area (Å²) in [5, 5.41) is 7.88. The number of nitrogens with zero attached hydrogens (tertiary/aromatic N) is 2. The fraction of sp³-hybridized carbons (Fsp3) is 0.400. The number of hydrogen-bond donors (Lipinski definition) is 1. The maximum atomic E-state index is 4.42. The molecule has 1 aromatic carbocycles. The van der Waals surface area contributed by atoms with Gasteiger partial charge >= 0.3 is 0 Å². The fourth-order valence-electron chi connectivity index (χ4n) is 2.09. The molecular weight excluding hydrogens is 258 g/mol. The SMILES string of the molecule is Cc1c(CNCc2ccccc2)cnn1C(C)C.Cl. The van der Waals surface area contributed by atoms with Crippen LogP contribution in [0.15, 0.2) is 36.5 Å². The van der Waals surface area contributed by atoms with Gasteiger partial charge in [-0.05, 0) is 26.3 Å². The van der Waals surface area contributed by atoms with E-state index in [2.05, 4.69) is 60.1 Å². The molecule has 2 aromatic rings. The summed E-state index contributed by atoms with van der Waals surface area (Å²) >= 11 is 0. The highest BCUT2D eigenvalue weighted by molar-refractivity contribution is 5.85. The van der Waals surface area contributed by atoms with Crippen LogP contribution in [0.2, 0.25) is 0 Å². The molecule has 0 radical (unpaired) electrons. The highest BCUT2D eigenvalue weighted by Gasteiger charge is 2.07. The second-order valence-electron chi connectivity index (χ2n) is 4.88. The number of aromatic nitrogens is 2. The van der Waals surface area contributed by atoms with Gasteiger partial charge in [0, 0.05) is 30.4 Å². The third kappa shape index (κ3) is 4.08. The molecule has 0 aliphatic carbocycles. The minimum Gasteiger partial charge on any atom is -0.308 e. The highest BCUT2D eigenvalue weighted by Crippen LogP contribution is 2.12. The van der Waals surface area contributed by atoms with Crippen LogP contribution >= 0.6 is 12.4 Å². The second-order valence-corrected chi connectivity index (χ2v) is 4.88. The van der Waals surface area contributed by atoms with Gasteiger partial charge in [-0.3, -0.25) is 4.68 Å². The van der Waals surface area contributed by atoms with E-state index in [9.17, 15) is 0 Å². The van der Waals surface area contributed by atoms with Gasteiger partial charge in [-0.1, -0.05) is 30.3 Å². The van der Waals surface area contributed by atoms with Crippen molar-refractivity contribution in [2.75, 3.05) is 0 Å². The summed E-state index contributed by atoms with van der Waals surface area (Å²) in [7, 11) is 0. The first-order valence-corrected chi connectivity index (χ1v) is 6.46. The van der Waals surface area contributed by atoms with Gasteiger partial charge in [0.25, 0.3) is 0 Å². The van der Waals surface area contributed by atoms with Crippen LogP contribution in [0.3, 0.4) is 0 Å². The molecule has 2 rings (SSSR count). The molecule has 4 heteroatoms. The van der Waals surface area contributed by atoms with Crippen LogP contribution in [0.5, 0.6) is 0 Å². The van der Waals surface area contributed by atoms with Crippen LogP contribution in [0.4, 0.5) is 0 Å². The van der Waals surface area contributed by atoms with Gasteiger partial charge < -0.3 is 5.32 Å². The molecule has 0 fully saturated rings. The Morgan fingerprint density at radius 3 is 2.42 bits per heavy atom. The number of nitrogens with one attached hydrogen (secondary N) is 1. The number of halogens is 1. The highest BCUT2D eigenvalue weighted by atomic mass is 35.5. The van der Waals surface area contributed by atoms with Gasteiger partial charge in [-0.25, -0.2) is 0 Å². The van der Waals surface area contributed by atoms with Crippen LogP contribution < -0.4 is 5.32 Å². The summed E-state index contributed by atoms with van der Waals surface area (Å²) in [4.78, 5) is 0. The van der Waals surface area contributed by atoms with Crippen LogP contribution in [0, 0.1) is 6.92 Å². The molecule has 3 nitrogen and oxygen atoms in total. The van der Waals surface area contributed by atoms with Gasteiger partial charge in [0.2, 0.25) is 0 Å². The lowest BCUT2D eigenvalue weighted by Crippen LogP contribution is -2.13. The number of benzene rings is 1. The second kappa shape index (κ2) is 7.31. The van der Waals surface area contributed by atoms with E-state index in [1.807, 2.05) is 12.3 Å². The van der Waals surface area contributed by atoms with Crippen molar-refractivity contribution in [3.8, 4) is 0 Å². The first-order chi connectivity index (χ1) is 8.68. The van der Waals surface area contributed by atoms with Crippen LogP contribution in [0.25, 0.3) is 0 Å². The average molecular weight is 280 g/mol. The van der Waals surface area contributed by atoms with Crippen molar-refractivity contribution in [2.45, 2.75) is 39.9 Å². The summed E-state index contributed by atoms with van der Waals surface area (Å²) in [6.07, 6.45) is 1.97. The molecule has 0 unspecified atom stereocenters. The molecular formula is C15H22ClN3. The molecule has 0 saturated heterocycles. The monoisotopic (exact) mass is 279 g/mol. The summed E-state index contributed by atoms with van der Waals surface area (Å²) in [6.45, 7) is 8.20. The normalized spacial score (nSPS) is 10.5. The van der Waals surface area contributed by atoms with Crippen molar-refractivity contribution in [3.63, 3.8) is 0 Å². The van der Waals surface area contributed by atoms with E-state index in [1.165, 1.54) is 16.8 Å². The summed E-state index contributed by atoms with van der Waals surface area (Å²) < 4.78 is 2.07. The quantitative estimate of drug-likeness (QED) is 0.908. The smallest absolute Gasteiger partial charge is 0.0537 e. The fourth-order valence-corrected chi connectivity index (χ4v) is 2.09. The van der Waals surface area contributed by atoms with Gasteiger partial charge in [0.15, 0.2) is 0 Å². The van der Waals surface area contributed by atoms with Crippen LogP contribution in [0.1, 0.15) is 36.7 Å². The Bertz CT molecular complexity index is 491. The topological polar surface area (TPSA) is 29.9 Å². The Hall–Kier alpha value is -1.32. The summed E-state index contributed by atoms with van der Waals surface area (Å²) in [6, 6.07) is 10.9. The molecule has 1 heterocycles. The van der Waals surface area contributed by atoms with Gasteiger partial charge in [0.1, 0.15) is 0 Å². The Kier molecular flexibility index (Phi) is 6.06. The maximum Gasteiger partial charge on any atom is 0.0537 e. The Labute approximate surface area is 121 Å². The van der Waals surface area contributed by atoms with Crippen molar-refractivity contribution in [3.05, 3.63) is 53.3 Å². The zero-order valence-corrected chi connectivity index (χ0v) is 12.6. The van der Waals surface area contributed by atoms with Crippen molar-refractivity contribution >= 4 is 12.4 Å². The zero-order valence-electron chi connectivity index (χ0n) is 11.8. The Morgan fingerprint density at radius 1 is 1.16 bits per heavy atom. The third-order valence-electron chi connectivity index (χ3n) is 3.12. The van der Waals surface area contributed by atoms with E-state index in [4.69, 9.17) is 0 Å². The molecule has 0 saturated carbocycles. The van der Waals surface area contributed by atoms with Crippen molar-refractivity contribution in [1.82, 2.24) is 15.1 Å². The van der Waals surface area contributed by atoms with Crippen LogP contribution in [-0.2, 0) is 13.1 Å². The van der Waals surface area contributed by atoms with E-state index in [1.54, 1.807) is 0 Å². The van der Waals surface area contributed by atoms with E-state index in [0.29, 0.717) is 6.04 Å². The van der Waals surface area contributed by atoms with Crippen molar-refractivity contribution < 1.29 is 0 Å².